The van der Waals surface area contributed by atoms with E-state index in [-0.39, 0.29) is 5.91 Å². The summed E-state index contributed by atoms with van der Waals surface area (Å²) in [5.74, 6) is -0.0994. The first-order valence-electron chi connectivity index (χ1n) is 12.6. The molecule has 0 aliphatic carbocycles. The molecule has 0 saturated carbocycles. The summed E-state index contributed by atoms with van der Waals surface area (Å²) in [6.07, 6.45) is 1.89. The van der Waals surface area contributed by atoms with Gasteiger partial charge in [0.25, 0.3) is 5.91 Å². The van der Waals surface area contributed by atoms with Crippen molar-refractivity contribution in [2.75, 3.05) is 11.4 Å². The van der Waals surface area contributed by atoms with Crippen LogP contribution in [0.25, 0.3) is 22.0 Å². The van der Waals surface area contributed by atoms with E-state index < -0.39 is 0 Å². The largest absolute Gasteiger partial charge is 0.348 e. The van der Waals surface area contributed by atoms with Gasteiger partial charge in [0.1, 0.15) is 0 Å². The number of nitrogens with one attached hydrogen (secondary N) is 1. The number of anilines is 1. The lowest BCUT2D eigenvalue weighted by Crippen LogP contribution is -2.24. The van der Waals surface area contributed by atoms with E-state index in [4.69, 9.17) is 10.7 Å². The van der Waals surface area contributed by atoms with E-state index in [2.05, 4.69) is 64.6 Å². The van der Waals surface area contributed by atoms with Crippen LogP contribution in [0.5, 0.6) is 0 Å². The number of amides is 1. The predicted molar refractivity (Wildman–Crippen MR) is 158 cm³/mol. The van der Waals surface area contributed by atoms with Crippen molar-refractivity contribution in [1.82, 2.24) is 10.3 Å². The molecule has 0 aliphatic heterocycles. The molecular formula is C32H30N4OS. The quantitative estimate of drug-likeness (QED) is 0.206. The van der Waals surface area contributed by atoms with Crippen molar-refractivity contribution in [1.29, 1.82) is 0 Å². The van der Waals surface area contributed by atoms with E-state index in [1.165, 1.54) is 10.8 Å². The highest BCUT2D eigenvalue weighted by Crippen LogP contribution is 2.30. The van der Waals surface area contributed by atoms with Gasteiger partial charge in [-0.1, -0.05) is 78.9 Å². The van der Waals surface area contributed by atoms with Gasteiger partial charge >= 0.3 is 0 Å². The lowest BCUT2D eigenvalue weighted by atomic mass is 10.1. The van der Waals surface area contributed by atoms with Crippen molar-refractivity contribution in [3.8, 4) is 11.3 Å². The minimum Gasteiger partial charge on any atom is -0.348 e. The fourth-order valence-electron chi connectivity index (χ4n) is 4.39. The van der Waals surface area contributed by atoms with Gasteiger partial charge in [0.2, 0.25) is 0 Å². The Labute approximate surface area is 227 Å². The first kappa shape index (κ1) is 25.4. The number of hydrogen-bond acceptors (Lipinski definition) is 5. The smallest absolute Gasteiger partial charge is 0.251 e. The molecular weight excluding hydrogens is 488 g/mol. The lowest BCUT2D eigenvalue weighted by Gasteiger charge is -2.20. The molecule has 1 heterocycles. The molecule has 5 rings (SSSR count). The molecule has 6 heteroatoms. The van der Waals surface area contributed by atoms with Gasteiger partial charge in [0, 0.05) is 42.7 Å². The van der Waals surface area contributed by atoms with Crippen LogP contribution in [0.1, 0.15) is 27.0 Å². The van der Waals surface area contributed by atoms with Gasteiger partial charge in [-0.15, -0.1) is 17.9 Å². The summed E-state index contributed by atoms with van der Waals surface area (Å²) in [5.41, 5.74) is 11.6. The summed E-state index contributed by atoms with van der Waals surface area (Å²) in [4.78, 5) is 19.8. The second-order valence-electron chi connectivity index (χ2n) is 9.15. The minimum atomic E-state index is -0.0994. The van der Waals surface area contributed by atoms with Crippen molar-refractivity contribution in [3.05, 3.63) is 131 Å². The molecule has 3 N–H and O–H groups in total. The molecule has 0 saturated heterocycles. The topological polar surface area (TPSA) is 71.2 Å². The summed E-state index contributed by atoms with van der Waals surface area (Å²) in [5, 5.41) is 8.46. The summed E-state index contributed by atoms with van der Waals surface area (Å²) >= 11 is 1.63. The maximum Gasteiger partial charge on any atom is 0.251 e. The first-order valence-corrected chi connectivity index (χ1v) is 13.5. The highest BCUT2D eigenvalue weighted by molar-refractivity contribution is 7.14. The number of thiazole rings is 1. The number of nitrogens with two attached hydrogens (primary N) is 1. The molecule has 190 valence electrons. The maximum absolute atomic E-state index is 12.7. The molecule has 1 aromatic heterocycles. The van der Waals surface area contributed by atoms with Gasteiger partial charge in [0.15, 0.2) is 5.13 Å². The summed E-state index contributed by atoms with van der Waals surface area (Å²) in [6, 6.07) is 30.5. The Morgan fingerprint density at radius 2 is 1.71 bits per heavy atom. The van der Waals surface area contributed by atoms with Gasteiger partial charge < -0.3 is 16.0 Å². The van der Waals surface area contributed by atoms with Gasteiger partial charge in [0.05, 0.1) is 5.69 Å². The van der Waals surface area contributed by atoms with Crippen molar-refractivity contribution in [2.45, 2.75) is 19.6 Å². The SMILES string of the molecule is C=CCN(Cc1ccc(C(=O)NCc2cccc(CN)c2)cc1)c1nc(-c2ccc3ccccc3c2)cs1. The third kappa shape index (κ3) is 5.99. The average molecular weight is 519 g/mol. The van der Waals surface area contributed by atoms with Crippen LogP contribution in [-0.2, 0) is 19.6 Å². The molecule has 38 heavy (non-hydrogen) atoms. The third-order valence-corrected chi connectivity index (χ3v) is 7.33. The van der Waals surface area contributed by atoms with E-state index in [9.17, 15) is 4.79 Å². The van der Waals surface area contributed by atoms with Crippen LogP contribution in [-0.4, -0.2) is 17.4 Å². The van der Waals surface area contributed by atoms with Gasteiger partial charge in [-0.05, 0) is 45.7 Å². The van der Waals surface area contributed by atoms with Crippen molar-refractivity contribution >= 4 is 33.1 Å². The van der Waals surface area contributed by atoms with Crippen molar-refractivity contribution in [2.24, 2.45) is 5.73 Å². The Bertz CT molecular complexity index is 1560. The van der Waals surface area contributed by atoms with Crippen LogP contribution in [0, 0.1) is 0 Å². The van der Waals surface area contributed by atoms with Crippen LogP contribution in [0.15, 0.2) is 109 Å². The minimum absolute atomic E-state index is 0.0994. The Balaban J connectivity index is 1.25. The lowest BCUT2D eigenvalue weighted by molar-refractivity contribution is 0.0951. The van der Waals surface area contributed by atoms with Crippen LogP contribution in [0.4, 0.5) is 5.13 Å². The Morgan fingerprint density at radius 3 is 2.50 bits per heavy atom. The Hall–Kier alpha value is -4.26. The van der Waals surface area contributed by atoms with Crippen molar-refractivity contribution < 1.29 is 4.79 Å². The zero-order valence-corrected chi connectivity index (χ0v) is 22.0. The number of hydrogen-bond donors (Lipinski definition) is 2. The number of fused-ring (bicyclic) bond motifs is 1. The van der Waals surface area contributed by atoms with Crippen LogP contribution in [0.2, 0.25) is 0 Å². The van der Waals surface area contributed by atoms with E-state index >= 15 is 0 Å². The van der Waals surface area contributed by atoms with Crippen LogP contribution in [0.3, 0.4) is 0 Å². The highest BCUT2D eigenvalue weighted by atomic mass is 32.1. The van der Waals surface area contributed by atoms with E-state index in [0.29, 0.717) is 31.7 Å². The second-order valence-corrected chi connectivity index (χ2v) is 9.99. The monoisotopic (exact) mass is 518 g/mol. The van der Waals surface area contributed by atoms with Gasteiger partial charge in [-0.2, -0.15) is 0 Å². The molecule has 0 atom stereocenters. The van der Waals surface area contributed by atoms with Gasteiger partial charge in [-0.3, -0.25) is 4.79 Å². The average Bonchev–Trinajstić information content (AvgIpc) is 3.46. The summed E-state index contributed by atoms with van der Waals surface area (Å²) < 4.78 is 0. The molecule has 0 bridgehead atoms. The first-order chi connectivity index (χ1) is 18.6. The molecule has 0 fully saturated rings. The molecule has 0 radical (unpaired) electrons. The number of carbonyl (C=O) groups is 1. The fraction of sp³-hybridized carbons (Fsp3) is 0.125. The number of rotatable bonds is 10. The second kappa shape index (κ2) is 11.9. The highest BCUT2D eigenvalue weighted by Gasteiger charge is 2.13. The fourth-order valence-corrected chi connectivity index (χ4v) is 5.23. The Kier molecular flexibility index (Phi) is 7.92. The summed E-state index contributed by atoms with van der Waals surface area (Å²) in [6.45, 7) is 6.23. The van der Waals surface area contributed by atoms with Crippen LogP contribution >= 0.6 is 11.3 Å². The summed E-state index contributed by atoms with van der Waals surface area (Å²) in [7, 11) is 0. The number of aromatic nitrogens is 1. The zero-order valence-electron chi connectivity index (χ0n) is 21.1. The zero-order chi connectivity index (χ0) is 26.3. The third-order valence-electron chi connectivity index (χ3n) is 6.43. The van der Waals surface area contributed by atoms with Gasteiger partial charge in [-0.25, -0.2) is 4.98 Å². The Morgan fingerprint density at radius 1 is 0.921 bits per heavy atom. The molecule has 1 amide bonds. The molecule has 4 aromatic carbocycles. The van der Waals surface area contributed by atoms with Crippen LogP contribution < -0.4 is 16.0 Å². The number of nitrogens with zero attached hydrogens (tertiary/aromatic N) is 2. The predicted octanol–water partition coefficient (Wildman–Crippen LogP) is 6.54. The van der Waals surface area contributed by atoms with E-state index in [0.717, 1.165) is 33.1 Å². The maximum atomic E-state index is 12.7. The van der Waals surface area contributed by atoms with Crippen molar-refractivity contribution in [3.63, 3.8) is 0 Å². The van der Waals surface area contributed by atoms with E-state index in [1.54, 1.807) is 11.3 Å². The molecule has 0 unspecified atom stereocenters. The number of benzene rings is 4. The standard InChI is InChI=1S/C32H30N4OS/c1-2-16-36(32-35-30(22-38-32)29-15-14-26-8-3-4-9-28(26)18-29)21-23-10-12-27(13-11-23)31(37)34-20-25-7-5-6-24(17-25)19-33/h2-15,17-18,22H,1,16,19-21,33H2,(H,34,37). The molecule has 5 nitrogen and oxygen atoms in total. The normalized spacial score (nSPS) is 10.9. The molecule has 0 spiro atoms. The number of carbonyl (C=O) groups excluding carboxylic acids is 1. The molecule has 0 aliphatic rings. The van der Waals surface area contributed by atoms with E-state index in [1.807, 2.05) is 54.6 Å². The molecule has 5 aromatic rings.